The maximum absolute atomic E-state index is 12.1. The molecule has 0 saturated carbocycles. The first-order valence-corrected chi connectivity index (χ1v) is 7.39. The molecule has 0 aliphatic carbocycles. The van der Waals surface area contributed by atoms with Crippen LogP contribution in [0, 0.1) is 6.92 Å². The van der Waals surface area contributed by atoms with E-state index in [-0.39, 0.29) is 5.91 Å². The summed E-state index contributed by atoms with van der Waals surface area (Å²) in [6.45, 7) is 9.65. The van der Waals surface area contributed by atoms with E-state index in [2.05, 4.69) is 5.32 Å². The molecule has 0 radical (unpaired) electrons. The molecule has 1 heterocycles. The van der Waals surface area contributed by atoms with Crippen LogP contribution in [0.4, 0.5) is 5.00 Å². The van der Waals surface area contributed by atoms with E-state index < -0.39 is 11.6 Å². The number of nitrogens with two attached hydrogens (primary N) is 1. The number of thiophene rings is 1. The van der Waals surface area contributed by atoms with Gasteiger partial charge in [0, 0.05) is 6.54 Å². The van der Waals surface area contributed by atoms with Crippen LogP contribution in [0.3, 0.4) is 0 Å². The number of carbonyl (C=O) groups excluding carboxylic acids is 2. The van der Waals surface area contributed by atoms with Crippen LogP contribution in [0.2, 0.25) is 0 Å². The zero-order chi connectivity index (χ0) is 15.5. The average Bonchev–Trinajstić information content (AvgIpc) is 2.59. The molecule has 0 unspecified atom stereocenters. The lowest BCUT2D eigenvalue weighted by Crippen LogP contribution is -2.25. The zero-order valence-corrected chi connectivity index (χ0v) is 13.4. The number of hydrogen-bond donors (Lipinski definition) is 2. The van der Waals surface area contributed by atoms with Crippen molar-refractivity contribution in [3.63, 3.8) is 0 Å². The summed E-state index contributed by atoms with van der Waals surface area (Å²) in [7, 11) is 0. The van der Waals surface area contributed by atoms with E-state index >= 15 is 0 Å². The highest BCUT2D eigenvalue weighted by atomic mass is 32.1. The first-order chi connectivity index (χ1) is 9.17. The molecule has 5 nitrogen and oxygen atoms in total. The monoisotopic (exact) mass is 298 g/mol. The molecule has 0 spiro atoms. The lowest BCUT2D eigenvalue weighted by Gasteiger charge is -2.19. The van der Waals surface area contributed by atoms with E-state index in [0.717, 1.165) is 17.8 Å². The van der Waals surface area contributed by atoms with Crippen molar-refractivity contribution in [2.75, 3.05) is 12.3 Å². The Hall–Kier alpha value is -1.56. The van der Waals surface area contributed by atoms with Crippen LogP contribution in [-0.4, -0.2) is 24.0 Å². The number of esters is 1. The molecule has 0 aliphatic heterocycles. The summed E-state index contributed by atoms with van der Waals surface area (Å²) >= 11 is 1.12. The van der Waals surface area contributed by atoms with E-state index in [4.69, 9.17) is 10.5 Å². The molecular formula is C14H22N2O3S. The summed E-state index contributed by atoms with van der Waals surface area (Å²) in [4.78, 5) is 24.6. The van der Waals surface area contributed by atoms with Crippen molar-refractivity contribution in [1.29, 1.82) is 0 Å². The minimum absolute atomic E-state index is 0.198. The largest absolute Gasteiger partial charge is 0.456 e. The molecule has 0 atom stereocenters. The number of rotatable bonds is 4. The number of nitrogens with one attached hydrogen (secondary N) is 1. The molecule has 3 N–H and O–H groups in total. The fraction of sp³-hybridized carbons (Fsp3) is 0.571. The van der Waals surface area contributed by atoms with Gasteiger partial charge in [0.25, 0.3) is 5.91 Å². The van der Waals surface area contributed by atoms with Crippen LogP contribution in [-0.2, 0) is 4.74 Å². The topological polar surface area (TPSA) is 81.4 Å². The number of amides is 1. The van der Waals surface area contributed by atoms with Gasteiger partial charge in [-0.1, -0.05) is 6.92 Å². The maximum atomic E-state index is 12.1. The van der Waals surface area contributed by atoms with E-state index in [9.17, 15) is 9.59 Å². The quantitative estimate of drug-likeness (QED) is 0.837. The molecule has 6 heteroatoms. The molecule has 0 aromatic carbocycles. The van der Waals surface area contributed by atoms with Gasteiger partial charge in [-0.3, -0.25) is 4.79 Å². The molecule has 1 amide bonds. The highest BCUT2D eigenvalue weighted by molar-refractivity contribution is 7.18. The van der Waals surface area contributed by atoms with Crippen molar-refractivity contribution < 1.29 is 14.3 Å². The first kappa shape index (κ1) is 16.5. The molecular weight excluding hydrogens is 276 g/mol. The number of anilines is 1. The van der Waals surface area contributed by atoms with Crippen molar-refractivity contribution in [3.05, 3.63) is 16.0 Å². The Morgan fingerprint density at radius 2 is 1.95 bits per heavy atom. The first-order valence-electron chi connectivity index (χ1n) is 6.57. The summed E-state index contributed by atoms with van der Waals surface area (Å²) in [5, 5.41) is 3.10. The summed E-state index contributed by atoms with van der Waals surface area (Å²) in [5.74, 6) is -0.686. The Morgan fingerprint density at radius 1 is 1.35 bits per heavy atom. The van der Waals surface area contributed by atoms with Crippen molar-refractivity contribution >= 4 is 28.2 Å². The van der Waals surface area contributed by atoms with E-state index in [1.54, 1.807) is 27.7 Å². The van der Waals surface area contributed by atoms with Gasteiger partial charge in [0.15, 0.2) is 0 Å². The normalized spacial score (nSPS) is 11.2. The number of carbonyl (C=O) groups is 2. The van der Waals surface area contributed by atoms with Crippen molar-refractivity contribution in [2.24, 2.45) is 0 Å². The fourth-order valence-corrected chi connectivity index (χ4v) is 2.63. The predicted octanol–water partition coefficient (Wildman–Crippen LogP) is 2.73. The van der Waals surface area contributed by atoms with Crippen molar-refractivity contribution in [3.8, 4) is 0 Å². The van der Waals surface area contributed by atoms with Crippen LogP contribution < -0.4 is 11.1 Å². The Kier molecular flexibility index (Phi) is 5.16. The average molecular weight is 298 g/mol. The lowest BCUT2D eigenvalue weighted by molar-refractivity contribution is 0.00706. The fourth-order valence-electron chi connectivity index (χ4n) is 1.65. The van der Waals surface area contributed by atoms with Gasteiger partial charge in [-0.2, -0.15) is 0 Å². The second kappa shape index (κ2) is 6.26. The third kappa shape index (κ3) is 3.96. The van der Waals surface area contributed by atoms with Crippen LogP contribution in [0.5, 0.6) is 0 Å². The Labute approximate surface area is 123 Å². The SMILES string of the molecule is CCCNC(=O)c1sc(N)c(C(=O)OC(C)(C)C)c1C. The Balaban J connectivity index is 3.03. The number of ether oxygens (including phenoxy) is 1. The molecule has 0 bridgehead atoms. The molecule has 1 aromatic rings. The van der Waals surface area contributed by atoms with Gasteiger partial charge >= 0.3 is 5.97 Å². The van der Waals surface area contributed by atoms with Gasteiger partial charge in [0.2, 0.25) is 0 Å². The van der Waals surface area contributed by atoms with Gasteiger partial charge in [-0.05, 0) is 39.7 Å². The molecule has 0 saturated heterocycles. The minimum atomic E-state index is -0.595. The standard InChI is InChI=1S/C14H22N2O3S/c1-6-7-16-12(17)10-8(2)9(11(15)20-10)13(18)19-14(3,4)5/h6-7,15H2,1-5H3,(H,16,17). The van der Waals surface area contributed by atoms with Crippen LogP contribution in [0.1, 0.15) is 59.7 Å². The molecule has 112 valence electrons. The number of nitrogen functional groups attached to an aromatic ring is 1. The molecule has 20 heavy (non-hydrogen) atoms. The van der Waals surface area contributed by atoms with E-state index in [1.807, 2.05) is 6.92 Å². The maximum Gasteiger partial charge on any atom is 0.341 e. The van der Waals surface area contributed by atoms with E-state index in [0.29, 0.717) is 27.5 Å². The van der Waals surface area contributed by atoms with Gasteiger partial charge in [-0.25, -0.2) is 4.79 Å². The Bertz CT molecular complexity index is 515. The predicted molar refractivity (Wildman–Crippen MR) is 81.3 cm³/mol. The smallest absolute Gasteiger partial charge is 0.341 e. The summed E-state index contributed by atoms with van der Waals surface area (Å²) in [5.41, 5.74) is 6.15. The van der Waals surface area contributed by atoms with Crippen molar-refractivity contribution in [2.45, 2.75) is 46.6 Å². The summed E-state index contributed by atoms with van der Waals surface area (Å²) in [6.07, 6.45) is 0.852. The van der Waals surface area contributed by atoms with Gasteiger partial charge in [-0.15, -0.1) is 11.3 Å². The Morgan fingerprint density at radius 3 is 2.45 bits per heavy atom. The zero-order valence-electron chi connectivity index (χ0n) is 12.6. The van der Waals surface area contributed by atoms with Crippen LogP contribution in [0.15, 0.2) is 0 Å². The van der Waals surface area contributed by atoms with Gasteiger partial charge < -0.3 is 15.8 Å². The second-order valence-corrected chi connectivity index (χ2v) is 6.61. The molecule has 1 aromatic heterocycles. The van der Waals surface area contributed by atoms with Gasteiger partial charge in [0.1, 0.15) is 10.6 Å². The molecule has 1 rings (SSSR count). The molecule has 0 aliphatic rings. The van der Waals surface area contributed by atoms with E-state index in [1.165, 1.54) is 0 Å². The third-order valence-corrected chi connectivity index (χ3v) is 3.64. The van der Waals surface area contributed by atoms with Crippen LogP contribution in [0.25, 0.3) is 0 Å². The third-order valence-electron chi connectivity index (χ3n) is 2.52. The van der Waals surface area contributed by atoms with Crippen molar-refractivity contribution in [1.82, 2.24) is 5.32 Å². The highest BCUT2D eigenvalue weighted by Crippen LogP contribution is 2.32. The number of hydrogen-bond acceptors (Lipinski definition) is 5. The minimum Gasteiger partial charge on any atom is -0.456 e. The lowest BCUT2D eigenvalue weighted by atomic mass is 10.1. The highest BCUT2D eigenvalue weighted by Gasteiger charge is 2.27. The summed E-state index contributed by atoms with van der Waals surface area (Å²) in [6, 6.07) is 0. The van der Waals surface area contributed by atoms with Crippen LogP contribution >= 0.6 is 11.3 Å². The second-order valence-electron chi connectivity index (χ2n) is 5.55. The molecule has 0 fully saturated rings. The van der Waals surface area contributed by atoms with Gasteiger partial charge in [0.05, 0.1) is 10.4 Å². The summed E-state index contributed by atoms with van der Waals surface area (Å²) < 4.78 is 5.32.